The van der Waals surface area contributed by atoms with Crippen LogP contribution in [0, 0.1) is 0 Å². The predicted octanol–water partition coefficient (Wildman–Crippen LogP) is 0.484. The van der Waals surface area contributed by atoms with E-state index in [-0.39, 0.29) is 0 Å². The van der Waals surface area contributed by atoms with Gasteiger partial charge in [-0.1, -0.05) is 0 Å². The predicted molar refractivity (Wildman–Crippen MR) is 38.3 cm³/mol. The van der Waals surface area contributed by atoms with Gasteiger partial charge in [0.25, 0.3) is 0 Å². The summed E-state index contributed by atoms with van der Waals surface area (Å²) in [4.78, 5) is 0. The van der Waals surface area contributed by atoms with E-state index in [4.69, 9.17) is 5.11 Å². The van der Waals surface area contributed by atoms with Crippen LogP contribution in [-0.4, -0.2) is 28.5 Å². The van der Waals surface area contributed by atoms with Crippen LogP contribution in [0.2, 0.25) is 0 Å². The Morgan fingerprint density at radius 3 is 2.73 bits per heavy atom. The van der Waals surface area contributed by atoms with Crippen molar-refractivity contribution in [1.29, 1.82) is 0 Å². The maximum atomic E-state index is 10.0. The summed E-state index contributed by atoms with van der Waals surface area (Å²) in [5, 5.41) is 18.4. The van der Waals surface area contributed by atoms with Gasteiger partial charge in [0.15, 0.2) is 0 Å². The highest BCUT2D eigenvalue weighted by Gasteiger charge is 2.31. The van der Waals surface area contributed by atoms with Crippen molar-refractivity contribution in [2.24, 2.45) is 0 Å². The molecule has 5 heteroatoms. The lowest BCUT2D eigenvalue weighted by molar-refractivity contribution is -0.0710. The highest BCUT2D eigenvalue weighted by atomic mass is 31.1. The SMILES string of the molecule is O=POC1CCCC(O)C1O. The van der Waals surface area contributed by atoms with E-state index in [0.717, 1.165) is 6.42 Å². The van der Waals surface area contributed by atoms with Gasteiger partial charge >= 0.3 is 8.69 Å². The van der Waals surface area contributed by atoms with Gasteiger partial charge in [0.2, 0.25) is 0 Å². The second-order valence-electron chi connectivity index (χ2n) is 2.71. The molecule has 0 aromatic rings. The smallest absolute Gasteiger partial charge is 0.327 e. The lowest BCUT2D eigenvalue weighted by atomic mass is 9.92. The van der Waals surface area contributed by atoms with Crippen molar-refractivity contribution < 1.29 is 19.3 Å². The number of aliphatic hydroxyl groups is 2. The maximum Gasteiger partial charge on any atom is 0.327 e. The van der Waals surface area contributed by atoms with Gasteiger partial charge in [0.05, 0.1) is 12.2 Å². The van der Waals surface area contributed by atoms with Crippen LogP contribution in [0.15, 0.2) is 0 Å². The Bertz CT molecular complexity index is 141. The fourth-order valence-corrected chi connectivity index (χ4v) is 1.63. The molecule has 0 aromatic heterocycles. The van der Waals surface area contributed by atoms with Gasteiger partial charge < -0.3 is 10.2 Å². The van der Waals surface area contributed by atoms with Crippen LogP contribution in [-0.2, 0) is 9.09 Å². The number of hydrogen-bond donors (Lipinski definition) is 2. The average Bonchev–Trinajstić information content (AvgIpc) is 1.99. The van der Waals surface area contributed by atoms with Gasteiger partial charge in [-0.25, -0.2) is 4.57 Å². The second-order valence-corrected chi connectivity index (χ2v) is 3.07. The molecule has 0 aliphatic heterocycles. The van der Waals surface area contributed by atoms with E-state index in [9.17, 15) is 9.67 Å². The lowest BCUT2D eigenvalue weighted by Crippen LogP contribution is -2.41. The zero-order chi connectivity index (χ0) is 8.27. The molecule has 3 unspecified atom stereocenters. The van der Waals surface area contributed by atoms with Crippen molar-refractivity contribution in [1.82, 2.24) is 0 Å². The summed E-state index contributed by atoms with van der Waals surface area (Å²) in [5.41, 5.74) is 0. The van der Waals surface area contributed by atoms with Crippen LogP contribution in [0.1, 0.15) is 19.3 Å². The summed E-state index contributed by atoms with van der Waals surface area (Å²) in [7, 11) is -0.432. The molecule has 0 spiro atoms. The first-order valence-electron chi connectivity index (χ1n) is 3.60. The number of rotatable bonds is 2. The van der Waals surface area contributed by atoms with Crippen molar-refractivity contribution in [2.45, 2.75) is 37.6 Å². The van der Waals surface area contributed by atoms with Crippen molar-refractivity contribution in [3.63, 3.8) is 0 Å². The molecule has 1 rings (SSSR count). The molecule has 1 fully saturated rings. The Morgan fingerprint density at radius 1 is 1.36 bits per heavy atom. The summed E-state index contributed by atoms with van der Waals surface area (Å²) in [6, 6.07) is 0. The van der Waals surface area contributed by atoms with Crippen LogP contribution in [0.3, 0.4) is 0 Å². The Labute approximate surface area is 66.5 Å². The second kappa shape index (κ2) is 4.12. The molecule has 0 bridgehead atoms. The molecule has 1 aliphatic carbocycles. The van der Waals surface area contributed by atoms with E-state index >= 15 is 0 Å². The zero-order valence-electron chi connectivity index (χ0n) is 6.01. The van der Waals surface area contributed by atoms with Crippen LogP contribution in [0.5, 0.6) is 0 Å². The Morgan fingerprint density at radius 2 is 2.09 bits per heavy atom. The van der Waals surface area contributed by atoms with Gasteiger partial charge in [-0.3, -0.25) is 4.52 Å². The molecule has 0 saturated heterocycles. The molecule has 2 N–H and O–H groups in total. The third-order valence-electron chi connectivity index (χ3n) is 1.94. The molecule has 0 radical (unpaired) electrons. The van der Waals surface area contributed by atoms with Crippen LogP contribution >= 0.6 is 8.69 Å². The molecule has 11 heavy (non-hydrogen) atoms. The van der Waals surface area contributed by atoms with Gasteiger partial charge in [-0.05, 0) is 19.3 Å². The normalized spacial score (nSPS) is 39.3. The summed E-state index contributed by atoms with van der Waals surface area (Å²) in [6.07, 6.45) is -0.0264. The van der Waals surface area contributed by atoms with Gasteiger partial charge in [-0.15, -0.1) is 0 Å². The minimum Gasteiger partial charge on any atom is -0.390 e. The molecule has 4 nitrogen and oxygen atoms in total. The molecule has 1 aliphatic rings. The molecular formula is C6H11O4P. The van der Waals surface area contributed by atoms with Gasteiger partial charge in [0.1, 0.15) is 6.10 Å². The largest absolute Gasteiger partial charge is 0.390 e. The standard InChI is InChI=1S/C6H11O4P/c7-4-2-1-3-5(6(4)8)10-11-9/h4-8H,1-3H2. The maximum absolute atomic E-state index is 10.0. The first-order chi connectivity index (χ1) is 5.25. The van der Waals surface area contributed by atoms with Crippen molar-refractivity contribution >= 4 is 8.69 Å². The molecule has 0 aromatic carbocycles. The van der Waals surface area contributed by atoms with Crippen LogP contribution in [0.4, 0.5) is 0 Å². The highest BCUT2D eigenvalue weighted by Crippen LogP contribution is 2.24. The zero-order valence-corrected chi connectivity index (χ0v) is 6.91. The molecule has 0 amide bonds. The molecule has 0 heterocycles. The first kappa shape index (κ1) is 9.07. The third-order valence-corrected chi connectivity index (χ3v) is 2.30. The monoisotopic (exact) mass is 178 g/mol. The Balaban J connectivity index is 2.43. The topological polar surface area (TPSA) is 66.8 Å². The summed E-state index contributed by atoms with van der Waals surface area (Å²) in [6.45, 7) is 0. The summed E-state index contributed by atoms with van der Waals surface area (Å²) >= 11 is 0. The van der Waals surface area contributed by atoms with E-state index in [0.29, 0.717) is 12.8 Å². The lowest BCUT2D eigenvalue weighted by Gasteiger charge is -2.29. The molecule has 1 saturated carbocycles. The first-order valence-corrected chi connectivity index (χ1v) is 4.33. The minimum absolute atomic E-state index is 0.432. The Kier molecular flexibility index (Phi) is 3.40. The van der Waals surface area contributed by atoms with E-state index in [2.05, 4.69) is 4.52 Å². The fraction of sp³-hybridized carbons (Fsp3) is 1.00. The fourth-order valence-electron chi connectivity index (χ4n) is 1.29. The van der Waals surface area contributed by atoms with Crippen LogP contribution < -0.4 is 0 Å². The summed E-state index contributed by atoms with van der Waals surface area (Å²) < 4.78 is 14.7. The van der Waals surface area contributed by atoms with Crippen molar-refractivity contribution in [3.05, 3.63) is 0 Å². The minimum atomic E-state index is -0.884. The van der Waals surface area contributed by atoms with E-state index in [1.54, 1.807) is 0 Å². The van der Waals surface area contributed by atoms with Gasteiger partial charge in [-0.2, -0.15) is 0 Å². The molecular weight excluding hydrogens is 167 g/mol. The molecule has 3 atom stereocenters. The summed E-state index contributed by atoms with van der Waals surface area (Å²) in [5.74, 6) is 0. The quantitative estimate of drug-likeness (QED) is 0.603. The van der Waals surface area contributed by atoms with E-state index in [1.165, 1.54) is 0 Å². The number of hydrogen-bond acceptors (Lipinski definition) is 4. The average molecular weight is 178 g/mol. The van der Waals surface area contributed by atoms with Crippen LogP contribution in [0.25, 0.3) is 0 Å². The Hall–Kier alpha value is -0.0200. The van der Waals surface area contributed by atoms with Crippen molar-refractivity contribution in [3.8, 4) is 0 Å². The highest BCUT2D eigenvalue weighted by molar-refractivity contribution is 7.17. The van der Waals surface area contributed by atoms with E-state index < -0.39 is 27.0 Å². The van der Waals surface area contributed by atoms with Gasteiger partial charge in [0, 0.05) is 0 Å². The van der Waals surface area contributed by atoms with E-state index in [1.807, 2.05) is 0 Å². The third kappa shape index (κ3) is 2.20. The molecule has 64 valence electrons. The van der Waals surface area contributed by atoms with Crippen molar-refractivity contribution in [2.75, 3.05) is 0 Å². The number of aliphatic hydroxyl groups excluding tert-OH is 2.